The highest BCUT2D eigenvalue weighted by Crippen LogP contribution is 2.14. The van der Waals surface area contributed by atoms with Gasteiger partial charge in [0.05, 0.1) is 0 Å². The molecule has 0 saturated carbocycles. The second kappa shape index (κ2) is 7.24. The highest BCUT2D eigenvalue weighted by Gasteiger charge is 2.01. The molecule has 2 N–H and O–H groups in total. The van der Waals surface area contributed by atoms with E-state index in [2.05, 4.69) is 10.6 Å². The molecule has 0 bridgehead atoms. The molecular formula is C13H20ClN3O. The van der Waals surface area contributed by atoms with Crippen LogP contribution in [-0.2, 0) is 6.54 Å². The van der Waals surface area contributed by atoms with E-state index in [1.807, 2.05) is 25.1 Å². The lowest BCUT2D eigenvalue weighted by molar-refractivity contribution is 0.217. The number of rotatable bonds is 5. The number of aryl methyl sites for hydroxylation is 1. The number of nitrogens with one attached hydrogen (secondary N) is 2. The SMILES string of the molecule is Cc1cc(Cl)ccc1CNCCNC(=O)N(C)C. The Balaban J connectivity index is 2.24. The molecule has 18 heavy (non-hydrogen) atoms. The second-order valence-corrected chi connectivity index (χ2v) is 4.81. The smallest absolute Gasteiger partial charge is 0.316 e. The minimum Gasteiger partial charge on any atom is -0.337 e. The zero-order chi connectivity index (χ0) is 13.5. The molecule has 4 nitrogen and oxygen atoms in total. The summed E-state index contributed by atoms with van der Waals surface area (Å²) in [4.78, 5) is 12.8. The first-order valence-corrected chi connectivity index (χ1v) is 6.29. The maximum Gasteiger partial charge on any atom is 0.316 e. The number of nitrogens with zero attached hydrogens (tertiary/aromatic N) is 1. The van der Waals surface area contributed by atoms with Gasteiger partial charge in [-0.2, -0.15) is 0 Å². The van der Waals surface area contributed by atoms with Crippen LogP contribution >= 0.6 is 11.6 Å². The third-order valence-corrected chi connectivity index (χ3v) is 2.84. The van der Waals surface area contributed by atoms with Gasteiger partial charge in [-0.3, -0.25) is 0 Å². The van der Waals surface area contributed by atoms with Crippen LogP contribution in [0.15, 0.2) is 18.2 Å². The normalized spacial score (nSPS) is 10.2. The molecule has 2 amide bonds. The van der Waals surface area contributed by atoms with E-state index in [0.29, 0.717) is 6.54 Å². The summed E-state index contributed by atoms with van der Waals surface area (Å²) in [7, 11) is 3.44. The molecule has 0 unspecified atom stereocenters. The van der Waals surface area contributed by atoms with Crippen molar-refractivity contribution in [2.24, 2.45) is 0 Å². The molecule has 5 heteroatoms. The summed E-state index contributed by atoms with van der Waals surface area (Å²) in [5, 5.41) is 6.83. The Morgan fingerprint density at radius 1 is 1.33 bits per heavy atom. The van der Waals surface area contributed by atoms with E-state index in [0.717, 1.165) is 18.1 Å². The van der Waals surface area contributed by atoms with Crippen molar-refractivity contribution in [3.8, 4) is 0 Å². The van der Waals surface area contributed by atoms with Crippen LogP contribution in [0.2, 0.25) is 5.02 Å². The predicted molar refractivity (Wildman–Crippen MR) is 75.0 cm³/mol. The predicted octanol–water partition coefficient (Wildman–Crippen LogP) is 2.01. The van der Waals surface area contributed by atoms with Crippen LogP contribution in [0.4, 0.5) is 4.79 Å². The lowest BCUT2D eigenvalue weighted by atomic mass is 10.1. The summed E-state index contributed by atoms with van der Waals surface area (Å²) in [6.45, 7) is 4.17. The van der Waals surface area contributed by atoms with Crippen LogP contribution in [0.25, 0.3) is 0 Å². The van der Waals surface area contributed by atoms with Gasteiger partial charge in [0, 0.05) is 38.8 Å². The zero-order valence-corrected chi connectivity index (χ0v) is 11.8. The number of urea groups is 1. The largest absolute Gasteiger partial charge is 0.337 e. The van der Waals surface area contributed by atoms with Gasteiger partial charge in [-0.1, -0.05) is 17.7 Å². The number of hydrogen-bond donors (Lipinski definition) is 2. The van der Waals surface area contributed by atoms with Crippen molar-refractivity contribution >= 4 is 17.6 Å². The van der Waals surface area contributed by atoms with Crippen molar-refractivity contribution in [3.63, 3.8) is 0 Å². The minimum atomic E-state index is -0.0699. The van der Waals surface area contributed by atoms with Crippen molar-refractivity contribution in [1.29, 1.82) is 0 Å². The topological polar surface area (TPSA) is 44.4 Å². The molecule has 100 valence electrons. The number of benzene rings is 1. The van der Waals surface area contributed by atoms with E-state index in [1.54, 1.807) is 14.1 Å². The van der Waals surface area contributed by atoms with Crippen molar-refractivity contribution < 1.29 is 4.79 Å². The maximum atomic E-state index is 11.2. The Morgan fingerprint density at radius 2 is 2.06 bits per heavy atom. The van der Waals surface area contributed by atoms with Crippen molar-refractivity contribution in [2.75, 3.05) is 27.2 Å². The average Bonchev–Trinajstić information content (AvgIpc) is 2.30. The highest BCUT2D eigenvalue weighted by atomic mass is 35.5. The molecule has 0 radical (unpaired) electrons. The molecule has 1 aromatic rings. The molecule has 0 aliphatic carbocycles. The summed E-state index contributed by atoms with van der Waals surface area (Å²) in [6.07, 6.45) is 0. The van der Waals surface area contributed by atoms with Gasteiger partial charge in [0.25, 0.3) is 0 Å². The zero-order valence-electron chi connectivity index (χ0n) is 11.1. The number of amides is 2. The standard InChI is InChI=1S/C13H20ClN3O/c1-10-8-12(14)5-4-11(10)9-15-6-7-16-13(18)17(2)3/h4-5,8,15H,6-7,9H2,1-3H3,(H,16,18). The van der Waals surface area contributed by atoms with E-state index >= 15 is 0 Å². The summed E-state index contributed by atoms with van der Waals surface area (Å²) < 4.78 is 0. The van der Waals surface area contributed by atoms with Gasteiger partial charge in [0.1, 0.15) is 0 Å². The first-order chi connectivity index (χ1) is 8.50. The van der Waals surface area contributed by atoms with Crippen molar-refractivity contribution in [3.05, 3.63) is 34.3 Å². The van der Waals surface area contributed by atoms with Gasteiger partial charge in [0.15, 0.2) is 0 Å². The first kappa shape index (κ1) is 14.8. The van der Waals surface area contributed by atoms with Crippen LogP contribution in [0.5, 0.6) is 0 Å². The number of hydrogen-bond acceptors (Lipinski definition) is 2. The fraction of sp³-hybridized carbons (Fsp3) is 0.462. The monoisotopic (exact) mass is 269 g/mol. The lowest BCUT2D eigenvalue weighted by Crippen LogP contribution is -2.38. The molecule has 0 aliphatic rings. The van der Waals surface area contributed by atoms with Gasteiger partial charge in [-0.25, -0.2) is 4.79 Å². The van der Waals surface area contributed by atoms with E-state index in [1.165, 1.54) is 16.0 Å². The van der Waals surface area contributed by atoms with Crippen molar-refractivity contribution in [2.45, 2.75) is 13.5 Å². The molecule has 0 heterocycles. The molecule has 0 fully saturated rings. The van der Waals surface area contributed by atoms with Gasteiger partial charge in [0.2, 0.25) is 0 Å². The quantitative estimate of drug-likeness (QED) is 0.803. The van der Waals surface area contributed by atoms with Crippen LogP contribution in [0, 0.1) is 6.92 Å². The maximum absolute atomic E-state index is 11.2. The van der Waals surface area contributed by atoms with E-state index in [9.17, 15) is 4.79 Å². The summed E-state index contributed by atoms with van der Waals surface area (Å²) in [6, 6.07) is 5.79. The molecule has 1 aromatic carbocycles. The Morgan fingerprint density at radius 3 is 2.67 bits per heavy atom. The molecule has 0 atom stereocenters. The number of carbonyl (C=O) groups is 1. The fourth-order valence-electron chi connectivity index (χ4n) is 1.50. The van der Waals surface area contributed by atoms with Crippen LogP contribution in [0.3, 0.4) is 0 Å². The Hall–Kier alpha value is -1.26. The third-order valence-electron chi connectivity index (χ3n) is 2.60. The summed E-state index contributed by atoms with van der Waals surface area (Å²) in [5.74, 6) is 0. The number of carbonyl (C=O) groups excluding carboxylic acids is 1. The lowest BCUT2D eigenvalue weighted by Gasteiger charge is -2.12. The third kappa shape index (κ3) is 4.94. The van der Waals surface area contributed by atoms with Crippen molar-refractivity contribution in [1.82, 2.24) is 15.5 Å². The van der Waals surface area contributed by atoms with Gasteiger partial charge >= 0.3 is 6.03 Å². The van der Waals surface area contributed by atoms with Crippen LogP contribution in [-0.4, -0.2) is 38.1 Å². The van der Waals surface area contributed by atoms with E-state index in [4.69, 9.17) is 11.6 Å². The van der Waals surface area contributed by atoms with Crippen LogP contribution in [0.1, 0.15) is 11.1 Å². The fourth-order valence-corrected chi connectivity index (χ4v) is 1.72. The number of halogens is 1. The molecular weight excluding hydrogens is 250 g/mol. The Kier molecular flexibility index (Phi) is 5.95. The molecule has 0 aromatic heterocycles. The Bertz CT molecular complexity index is 407. The molecule has 0 spiro atoms. The molecule has 0 aliphatic heterocycles. The second-order valence-electron chi connectivity index (χ2n) is 4.37. The van der Waals surface area contributed by atoms with Gasteiger partial charge < -0.3 is 15.5 Å². The minimum absolute atomic E-state index is 0.0699. The van der Waals surface area contributed by atoms with Gasteiger partial charge in [-0.15, -0.1) is 0 Å². The van der Waals surface area contributed by atoms with E-state index in [-0.39, 0.29) is 6.03 Å². The summed E-state index contributed by atoms with van der Waals surface area (Å²) in [5.41, 5.74) is 2.39. The van der Waals surface area contributed by atoms with Crippen LogP contribution < -0.4 is 10.6 Å². The highest BCUT2D eigenvalue weighted by molar-refractivity contribution is 6.30. The summed E-state index contributed by atoms with van der Waals surface area (Å²) >= 11 is 5.89. The van der Waals surface area contributed by atoms with E-state index < -0.39 is 0 Å². The molecule has 1 rings (SSSR count). The Labute approximate surface area is 113 Å². The first-order valence-electron chi connectivity index (χ1n) is 5.91. The average molecular weight is 270 g/mol. The van der Waals surface area contributed by atoms with Gasteiger partial charge in [-0.05, 0) is 30.2 Å². The molecule has 0 saturated heterocycles.